The van der Waals surface area contributed by atoms with Gasteiger partial charge in [-0.05, 0) is 76.0 Å². The molecule has 0 heterocycles. The van der Waals surface area contributed by atoms with Crippen molar-refractivity contribution in [2.24, 2.45) is 0 Å². The molecule has 0 saturated heterocycles. The van der Waals surface area contributed by atoms with E-state index in [9.17, 15) is 0 Å². The van der Waals surface area contributed by atoms with E-state index in [-0.39, 0.29) is 6.61 Å². The number of aliphatic hydroxyl groups excluding tert-OH is 1. The summed E-state index contributed by atoms with van der Waals surface area (Å²) < 4.78 is 7.98. The van der Waals surface area contributed by atoms with Crippen LogP contribution in [0.5, 0.6) is 5.75 Å². The predicted molar refractivity (Wildman–Crippen MR) is 91.1 cm³/mol. The third-order valence-electron chi connectivity index (χ3n) is 2.79. The zero-order chi connectivity index (χ0) is 13.5. The van der Waals surface area contributed by atoms with Gasteiger partial charge in [-0.25, -0.2) is 0 Å². The third kappa shape index (κ3) is 4.82. The largest absolute Gasteiger partial charge is 0.490 e. The van der Waals surface area contributed by atoms with Gasteiger partial charge in [0.1, 0.15) is 12.4 Å². The molecule has 3 nitrogen and oxygen atoms in total. The average molecular weight is 475 g/mol. The van der Waals surface area contributed by atoms with E-state index in [1.807, 2.05) is 12.1 Å². The monoisotopic (exact) mass is 475 g/mol. The maximum Gasteiger partial charge on any atom is 0.146 e. The van der Waals surface area contributed by atoms with Gasteiger partial charge >= 0.3 is 0 Å². The van der Waals surface area contributed by atoms with Crippen LogP contribution in [0, 0.1) is 7.14 Å². The second-order valence-electron chi connectivity index (χ2n) is 3.92. The maximum absolute atomic E-state index is 9.14. The topological polar surface area (TPSA) is 32.7 Å². The minimum absolute atomic E-state index is 0.0751. The number of rotatable bonds is 7. The van der Waals surface area contributed by atoms with Crippen molar-refractivity contribution >= 4 is 45.2 Å². The van der Waals surface area contributed by atoms with Crippen LogP contribution < -0.4 is 4.74 Å². The number of hydrogen-bond acceptors (Lipinski definition) is 3. The molecule has 18 heavy (non-hydrogen) atoms. The summed E-state index contributed by atoms with van der Waals surface area (Å²) in [6.07, 6.45) is 0. The Hall–Kier alpha value is 0.400. The van der Waals surface area contributed by atoms with E-state index >= 15 is 0 Å². The highest BCUT2D eigenvalue weighted by atomic mass is 127. The first-order chi connectivity index (χ1) is 8.62. The quantitative estimate of drug-likeness (QED) is 0.616. The zero-order valence-corrected chi connectivity index (χ0v) is 15.1. The Morgan fingerprint density at radius 3 is 2.17 bits per heavy atom. The van der Waals surface area contributed by atoms with Crippen LogP contribution in [0.3, 0.4) is 0 Å². The van der Waals surface area contributed by atoms with Gasteiger partial charge in [-0.1, -0.05) is 13.8 Å². The number of ether oxygens (including phenoxy) is 1. The molecule has 0 bridgehead atoms. The molecule has 0 aliphatic rings. The highest BCUT2D eigenvalue weighted by molar-refractivity contribution is 14.1. The van der Waals surface area contributed by atoms with Gasteiger partial charge in [-0.3, -0.25) is 0 Å². The van der Waals surface area contributed by atoms with Crippen molar-refractivity contribution in [2.45, 2.75) is 20.5 Å². The van der Waals surface area contributed by atoms with Gasteiger partial charge in [0.05, 0.1) is 13.7 Å². The van der Waals surface area contributed by atoms with Gasteiger partial charge in [-0.15, -0.1) is 0 Å². The van der Waals surface area contributed by atoms with Crippen LogP contribution in [0.4, 0.5) is 0 Å². The Balaban J connectivity index is 2.62. The number of likely N-dealkylation sites (N-methyl/N-ethyl adjacent to an activating group) is 1. The van der Waals surface area contributed by atoms with Gasteiger partial charge in [0.2, 0.25) is 0 Å². The van der Waals surface area contributed by atoms with Gasteiger partial charge in [0.15, 0.2) is 0 Å². The van der Waals surface area contributed by atoms with Crippen LogP contribution in [-0.2, 0) is 6.61 Å². The summed E-state index contributed by atoms with van der Waals surface area (Å²) in [5.41, 5.74) is 0.930. The van der Waals surface area contributed by atoms with E-state index in [1.165, 1.54) is 0 Å². The fraction of sp³-hybridized carbons (Fsp3) is 0.538. The molecular weight excluding hydrogens is 456 g/mol. The van der Waals surface area contributed by atoms with Crippen molar-refractivity contribution in [1.82, 2.24) is 4.90 Å². The van der Waals surface area contributed by atoms with E-state index in [0.29, 0.717) is 6.61 Å². The summed E-state index contributed by atoms with van der Waals surface area (Å²) in [7, 11) is 0. The van der Waals surface area contributed by atoms with Crippen molar-refractivity contribution in [3.8, 4) is 5.75 Å². The fourth-order valence-corrected chi connectivity index (χ4v) is 3.87. The SMILES string of the molecule is CCN(CC)CCOc1c(I)cc(CO)cc1I. The maximum atomic E-state index is 9.14. The predicted octanol–water partition coefficient (Wildman–Crippen LogP) is 3.11. The Labute approximate surface area is 136 Å². The summed E-state index contributed by atoms with van der Waals surface area (Å²) in [4.78, 5) is 2.34. The zero-order valence-electron chi connectivity index (χ0n) is 10.7. The van der Waals surface area contributed by atoms with Gasteiger partial charge in [0.25, 0.3) is 0 Å². The van der Waals surface area contributed by atoms with Gasteiger partial charge < -0.3 is 14.7 Å². The lowest BCUT2D eigenvalue weighted by Gasteiger charge is -2.19. The summed E-state index contributed by atoms with van der Waals surface area (Å²) in [6.45, 7) is 8.15. The normalized spacial score (nSPS) is 11.0. The van der Waals surface area contributed by atoms with Crippen LogP contribution in [0.15, 0.2) is 12.1 Å². The molecule has 0 spiro atoms. The standard InChI is InChI=1S/C13H19I2NO2/c1-3-16(4-2)5-6-18-13-11(14)7-10(9-17)8-12(13)15/h7-8,17H,3-6,9H2,1-2H3. The van der Waals surface area contributed by atoms with E-state index < -0.39 is 0 Å². The fourth-order valence-electron chi connectivity index (χ4n) is 1.66. The average Bonchev–Trinajstić information content (AvgIpc) is 2.37. The van der Waals surface area contributed by atoms with Crippen molar-refractivity contribution in [2.75, 3.05) is 26.2 Å². The summed E-state index contributed by atoms with van der Waals surface area (Å²) in [5.74, 6) is 0.931. The van der Waals surface area contributed by atoms with Crippen LogP contribution in [0.1, 0.15) is 19.4 Å². The summed E-state index contributed by atoms with van der Waals surface area (Å²) in [6, 6.07) is 3.94. The Kier molecular flexibility index (Phi) is 7.81. The van der Waals surface area contributed by atoms with Crippen LogP contribution in [0.25, 0.3) is 0 Å². The molecule has 0 radical (unpaired) electrons. The highest BCUT2D eigenvalue weighted by Crippen LogP contribution is 2.28. The lowest BCUT2D eigenvalue weighted by Crippen LogP contribution is -2.28. The van der Waals surface area contributed by atoms with Gasteiger partial charge in [-0.2, -0.15) is 0 Å². The number of halogens is 2. The lowest BCUT2D eigenvalue weighted by molar-refractivity contribution is 0.221. The van der Waals surface area contributed by atoms with Crippen LogP contribution in [-0.4, -0.2) is 36.2 Å². The highest BCUT2D eigenvalue weighted by Gasteiger charge is 2.09. The smallest absolute Gasteiger partial charge is 0.146 e. The number of benzene rings is 1. The molecule has 1 aromatic rings. The Bertz CT molecular complexity index is 358. The van der Waals surface area contributed by atoms with Crippen LogP contribution in [0.2, 0.25) is 0 Å². The minimum Gasteiger partial charge on any atom is -0.490 e. The number of nitrogens with zero attached hydrogens (tertiary/aromatic N) is 1. The molecule has 102 valence electrons. The second-order valence-corrected chi connectivity index (χ2v) is 6.25. The first kappa shape index (κ1) is 16.5. The first-order valence-corrected chi connectivity index (χ1v) is 8.22. The van der Waals surface area contributed by atoms with E-state index in [0.717, 1.165) is 38.1 Å². The van der Waals surface area contributed by atoms with Crippen molar-refractivity contribution < 1.29 is 9.84 Å². The molecule has 0 aliphatic carbocycles. The van der Waals surface area contributed by atoms with Crippen LogP contribution >= 0.6 is 45.2 Å². The molecule has 0 atom stereocenters. The molecule has 1 rings (SSSR count). The Morgan fingerprint density at radius 1 is 1.17 bits per heavy atom. The molecule has 1 aromatic carbocycles. The third-order valence-corrected chi connectivity index (χ3v) is 4.39. The molecular formula is C13H19I2NO2. The van der Waals surface area contributed by atoms with Crippen molar-refractivity contribution in [3.05, 3.63) is 24.8 Å². The Morgan fingerprint density at radius 2 is 1.72 bits per heavy atom. The number of aliphatic hydroxyl groups is 1. The molecule has 0 aromatic heterocycles. The van der Waals surface area contributed by atoms with E-state index in [2.05, 4.69) is 63.9 Å². The first-order valence-electron chi connectivity index (χ1n) is 6.06. The number of hydrogen-bond donors (Lipinski definition) is 1. The second kappa shape index (κ2) is 8.55. The molecule has 0 fully saturated rings. The lowest BCUT2D eigenvalue weighted by atomic mass is 10.2. The van der Waals surface area contributed by atoms with E-state index in [1.54, 1.807) is 0 Å². The summed E-state index contributed by atoms with van der Waals surface area (Å²) in [5, 5.41) is 9.14. The van der Waals surface area contributed by atoms with E-state index in [4.69, 9.17) is 9.84 Å². The minimum atomic E-state index is 0.0751. The molecule has 0 saturated carbocycles. The van der Waals surface area contributed by atoms with Gasteiger partial charge in [0, 0.05) is 6.54 Å². The molecule has 0 unspecified atom stereocenters. The molecule has 1 N–H and O–H groups in total. The molecule has 0 aliphatic heterocycles. The molecule has 0 amide bonds. The van der Waals surface area contributed by atoms with Crippen molar-refractivity contribution in [3.63, 3.8) is 0 Å². The molecule has 5 heteroatoms. The summed E-state index contributed by atoms with van der Waals surface area (Å²) >= 11 is 4.51. The van der Waals surface area contributed by atoms with Crippen molar-refractivity contribution in [1.29, 1.82) is 0 Å².